The third kappa shape index (κ3) is 3.77. The molecule has 0 spiro atoms. The van der Waals surface area contributed by atoms with E-state index in [0.29, 0.717) is 12.2 Å². The minimum atomic E-state index is -0.444. The van der Waals surface area contributed by atoms with Crippen LogP contribution in [0.5, 0.6) is 0 Å². The first kappa shape index (κ1) is 15.9. The van der Waals surface area contributed by atoms with Gasteiger partial charge in [0.15, 0.2) is 0 Å². The molecule has 5 heteroatoms. The van der Waals surface area contributed by atoms with Gasteiger partial charge in [0.05, 0.1) is 16.6 Å². The van der Waals surface area contributed by atoms with E-state index < -0.39 is 11.6 Å². The van der Waals surface area contributed by atoms with Crippen LogP contribution in [-0.4, -0.2) is 19.3 Å². The molecule has 0 amide bonds. The maximum Gasteiger partial charge on any atom is 0.137 e. The van der Waals surface area contributed by atoms with E-state index in [1.54, 1.807) is 0 Å². The average molecular weight is 348 g/mol. The van der Waals surface area contributed by atoms with Crippen LogP contribution in [0.4, 0.5) is 8.78 Å². The number of nitrogens with one attached hydrogen (secondary N) is 1. The third-order valence-corrected chi connectivity index (χ3v) is 4.18. The van der Waals surface area contributed by atoms with Gasteiger partial charge < -0.3 is 10.1 Å². The van der Waals surface area contributed by atoms with Crippen LogP contribution >= 0.6 is 15.9 Å². The van der Waals surface area contributed by atoms with Crippen molar-refractivity contribution in [3.63, 3.8) is 0 Å². The van der Waals surface area contributed by atoms with Crippen molar-refractivity contribution < 1.29 is 13.5 Å². The fourth-order valence-corrected chi connectivity index (χ4v) is 2.86. The van der Waals surface area contributed by atoms with Crippen molar-refractivity contribution in [3.8, 4) is 0 Å². The molecule has 1 N–H and O–H groups in total. The summed E-state index contributed by atoms with van der Waals surface area (Å²) in [4.78, 5) is 0. The number of rotatable bonds is 5. The van der Waals surface area contributed by atoms with Crippen LogP contribution in [0.2, 0.25) is 0 Å². The lowest BCUT2D eigenvalue weighted by Gasteiger charge is -2.32. The second-order valence-corrected chi connectivity index (χ2v) is 5.98. The summed E-state index contributed by atoms with van der Waals surface area (Å²) in [5.74, 6) is -0.846. The Morgan fingerprint density at radius 3 is 2.80 bits per heavy atom. The fourth-order valence-electron chi connectivity index (χ4n) is 2.55. The standard InChI is InChI=1S/C15H20BrF2NO/c1-2-6-19-15(14-5-3-4-7-20-14)10-8-13(18)11(16)9-12(10)17/h8-9,14-15,19H,2-7H2,1H3. The molecule has 2 rings (SSSR count). The fraction of sp³-hybridized carbons (Fsp3) is 0.600. The Bertz CT molecular complexity index is 450. The van der Waals surface area contributed by atoms with Gasteiger partial charge in [-0.25, -0.2) is 8.78 Å². The van der Waals surface area contributed by atoms with Crippen LogP contribution in [0.3, 0.4) is 0 Å². The summed E-state index contributed by atoms with van der Waals surface area (Å²) in [7, 11) is 0. The van der Waals surface area contributed by atoms with Gasteiger partial charge >= 0.3 is 0 Å². The highest BCUT2D eigenvalue weighted by Crippen LogP contribution is 2.30. The molecule has 0 aliphatic carbocycles. The van der Waals surface area contributed by atoms with Crippen molar-refractivity contribution in [2.24, 2.45) is 0 Å². The number of benzene rings is 1. The Morgan fingerprint density at radius 1 is 1.35 bits per heavy atom. The lowest BCUT2D eigenvalue weighted by Crippen LogP contribution is -2.37. The summed E-state index contributed by atoms with van der Waals surface area (Å²) in [5, 5.41) is 3.30. The van der Waals surface area contributed by atoms with E-state index in [9.17, 15) is 8.78 Å². The summed E-state index contributed by atoms with van der Waals surface area (Å²) in [6.07, 6.45) is 3.82. The molecular weight excluding hydrogens is 328 g/mol. The third-order valence-electron chi connectivity index (χ3n) is 3.58. The van der Waals surface area contributed by atoms with Crippen LogP contribution in [0.15, 0.2) is 16.6 Å². The second-order valence-electron chi connectivity index (χ2n) is 5.12. The zero-order valence-corrected chi connectivity index (χ0v) is 13.2. The van der Waals surface area contributed by atoms with E-state index in [1.807, 2.05) is 6.92 Å². The van der Waals surface area contributed by atoms with Crippen molar-refractivity contribution in [1.29, 1.82) is 0 Å². The van der Waals surface area contributed by atoms with Crippen LogP contribution in [0.25, 0.3) is 0 Å². The van der Waals surface area contributed by atoms with Gasteiger partial charge in [0.1, 0.15) is 11.6 Å². The largest absolute Gasteiger partial charge is 0.376 e. The molecule has 1 aliphatic heterocycles. The highest BCUT2D eigenvalue weighted by molar-refractivity contribution is 9.10. The predicted molar refractivity (Wildman–Crippen MR) is 78.7 cm³/mol. The molecule has 2 nitrogen and oxygen atoms in total. The number of halogens is 3. The van der Waals surface area contributed by atoms with E-state index in [4.69, 9.17) is 4.74 Å². The SMILES string of the molecule is CCCNC(c1cc(F)c(Br)cc1F)C1CCCCO1. The quantitative estimate of drug-likeness (QED) is 0.800. The van der Waals surface area contributed by atoms with Gasteiger partial charge in [-0.05, 0) is 60.3 Å². The van der Waals surface area contributed by atoms with Crippen LogP contribution in [0, 0.1) is 11.6 Å². The summed E-state index contributed by atoms with van der Waals surface area (Å²) in [5.41, 5.74) is 0.353. The van der Waals surface area contributed by atoms with Crippen molar-refractivity contribution in [1.82, 2.24) is 5.32 Å². The summed E-state index contributed by atoms with van der Waals surface area (Å²) < 4.78 is 33.8. The second kappa shape index (κ2) is 7.48. The molecular formula is C15H20BrF2NO. The number of ether oxygens (including phenoxy) is 1. The first-order chi connectivity index (χ1) is 9.63. The molecule has 0 saturated carbocycles. The molecule has 1 saturated heterocycles. The topological polar surface area (TPSA) is 21.3 Å². The van der Waals surface area contributed by atoms with E-state index in [0.717, 1.165) is 32.2 Å². The molecule has 2 unspecified atom stereocenters. The molecule has 1 heterocycles. The number of hydrogen-bond donors (Lipinski definition) is 1. The molecule has 0 bridgehead atoms. The average Bonchev–Trinajstić information content (AvgIpc) is 2.45. The van der Waals surface area contributed by atoms with Crippen molar-refractivity contribution in [2.45, 2.75) is 44.8 Å². The maximum absolute atomic E-state index is 14.2. The van der Waals surface area contributed by atoms with E-state index in [2.05, 4.69) is 21.2 Å². The van der Waals surface area contributed by atoms with Gasteiger partial charge in [-0.15, -0.1) is 0 Å². The van der Waals surface area contributed by atoms with Gasteiger partial charge in [0, 0.05) is 12.2 Å². The van der Waals surface area contributed by atoms with Crippen LogP contribution in [0.1, 0.15) is 44.2 Å². The van der Waals surface area contributed by atoms with E-state index >= 15 is 0 Å². The minimum Gasteiger partial charge on any atom is -0.376 e. The highest BCUT2D eigenvalue weighted by atomic mass is 79.9. The van der Waals surface area contributed by atoms with Crippen molar-refractivity contribution in [2.75, 3.05) is 13.2 Å². The Morgan fingerprint density at radius 2 is 2.15 bits per heavy atom. The summed E-state index contributed by atoms with van der Waals surface area (Å²) >= 11 is 3.01. The zero-order chi connectivity index (χ0) is 14.5. The van der Waals surface area contributed by atoms with Gasteiger partial charge in [0.2, 0.25) is 0 Å². The van der Waals surface area contributed by atoms with E-state index in [-0.39, 0.29) is 16.6 Å². The van der Waals surface area contributed by atoms with Gasteiger partial charge in [-0.2, -0.15) is 0 Å². The van der Waals surface area contributed by atoms with Crippen LogP contribution in [-0.2, 0) is 4.74 Å². The van der Waals surface area contributed by atoms with E-state index in [1.165, 1.54) is 12.1 Å². The molecule has 0 radical (unpaired) electrons. The van der Waals surface area contributed by atoms with Gasteiger partial charge in [-0.3, -0.25) is 0 Å². The highest BCUT2D eigenvalue weighted by Gasteiger charge is 2.28. The Kier molecular flexibility index (Phi) is 5.93. The Balaban J connectivity index is 2.27. The van der Waals surface area contributed by atoms with Gasteiger partial charge in [-0.1, -0.05) is 6.92 Å². The molecule has 1 fully saturated rings. The van der Waals surface area contributed by atoms with Crippen LogP contribution < -0.4 is 5.32 Å². The summed E-state index contributed by atoms with van der Waals surface area (Å²) in [6, 6.07) is 2.16. The maximum atomic E-state index is 14.2. The lowest BCUT2D eigenvalue weighted by atomic mass is 9.95. The molecule has 112 valence electrons. The van der Waals surface area contributed by atoms with Gasteiger partial charge in [0.25, 0.3) is 0 Å². The van der Waals surface area contributed by atoms with Crippen molar-refractivity contribution in [3.05, 3.63) is 33.8 Å². The molecule has 1 aromatic rings. The molecule has 1 aliphatic rings. The monoisotopic (exact) mass is 347 g/mol. The zero-order valence-electron chi connectivity index (χ0n) is 11.6. The molecule has 0 aromatic heterocycles. The Hall–Kier alpha value is -0.520. The summed E-state index contributed by atoms with van der Waals surface area (Å²) in [6.45, 7) is 3.49. The lowest BCUT2D eigenvalue weighted by molar-refractivity contribution is -0.00892. The molecule has 2 atom stereocenters. The number of hydrogen-bond acceptors (Lipinski definition) is 2. The normalized spacial score (nSPS) is 20.9. The van der Waals surface area contributed by atoms with Crippen molar-refractivity contribution >= 4 is 15.9 Å². The first-order valence-electron chi connectivity index (χ1n) is 7.13. The smallest absolute Gasteiger partial charge is 0.137 e. The molecule has 20 heavy (non-hydrogen) atoms. The minimum absolute atomic E-state index is 0.0922. The Labute approximate surface area is 127 Å². The molecule has 1 aromatic carbocycles. The predicted octanol–water partition coefficient (Wildman–Crippen LogP) is 4.34. The first-order valence-corrected chi connectivity index (χ1v) is 7.92.